The van der Waals surface area contributed by atoms with Crippen molar-refractivity contribution in [3.8, 4) is 0 Å². The number of aliphatic carboxylic acids is 1. The van der Waals surface area contributed by atoms with Crippen molar-refractivity contribution in [2.45, 2.75) is 13.8 Å². The average Bonchev–Trinajstić information content (AvgIpc) is 2.39. The Bertz CT molecular complexity index is 564. The molecule has 6 nitrogen and oxygen atoms in total. The predicted octanol–water partition coefficient (Wildman–Crippen LogP) is 1.32. The Hall–Kier alpha value is -2.63. The van der Waals surface area contributed by atoms with Crippen molar-refractivity contribution < 1.29 is 19.5 Å². The Morgan fingerprint density at radius 3 is 2.50 bits per heavy atom. The van der Waals surface area contributed by atoms with Crippen LogP contribution in [0.4, 0.5) is 5.69 Å². The predicted molar refractivity (Wildman–Crippen MR) is 74.6 cm³/mol. The van der Waals surface area contributed by atoms with Crippen LogP contribution < -0.4 is 10.6 Å². The first-order valence-electron chi connectivity index (χ1n) is 6.05. The first-order valence-corrected chi connectivity index (χ1v) is 6.05. The zero-order valence-electron chi connectivity index (χ0n) is 11.3. The molecule has 0 heterocycles. The SMILES string of the molecule is CCNC(=O)c1ccc(NC(=O)/C=C/C(=O)O)c(C)c1. The van der Waals surface area contributed by atoms with Crippen LogP contribution in [0, 0.1) is 6.92 Å². The molecule has 0 aliphatic rings. The van der Waals surface area contributed by atoms with Crippen molar-refractivity contribution in [2.75, 3.05) is 11.9 Å². The molecule has 0 radical (unpaired) electrons. The second kappa shape index (κ2) is 7.08. The maximum absolute atomic E-state index is 11.6. The van der Waals surface area contributed by atoms with Crippen LogP contribution in [0.3, 0.4) is 0 Å². The number of anilines is 1. The second-order valence-corrected chi connectivity index (χ2v) is 4.05. The van der Waals surface area contributed by atoms with Crippen LogP contribution in [0.25, 0.3) is 0 Å². The van der Waals surface area contributed by atoms with Crippen LogP contribution in [0.2, 0.25) is 0 Å². The van der Waals surface area contributed by atoms with Gasteiger partial charge in [0.25, 0.3) is 5.91 Å². The standard InChI is InChI=1S/C14H16N2O4/c1-3-15-14(20)10-4-5-11(9(2)8-10)16-12(17)6-7-13(18)19/h4-8H,3H2,1-2H3,(H,15,20)(H,16,17)(H,18,19)/b7-6+. The molecule has 0 bridgehead atoms. The first kappa shape index (κ1) is 15.4. The first-order chi connectivity index (χ1) is 9.43. The van der Waals surface area contributed by atoms with Gasteiger partial charge in [-0.05, 0) is 37.6 Å². The summed E-state index contributed by atoms with van der Waals surface area (Å²) in [4.78, 5) is 33.4. The number of carbonyl (C=O) groups is 3. The van der Waals surface area contributed by atoms with Gasteiger partial charge in [-0.2, -0.15) is 0 Å². The third kappa shape index (κ3) is 4.56. The van der Waals surface area contributed by atoms with E-state index >= 15 is 0 Å². The molecule has 1 aromatic carbocycles. The lowest BCUT2D eigenvalue weighted by Gasteiger charge is -2.09. The summed E-state index contributed by atoms with van der Waals surface area (Å²) in [5.74, 6) is -1.91. The van der Waals surface area contributed by atoms with Crippen molar-refractivity contribution >= 4 is 23.5 Å². The molecule has 0 aliphatic heterocycles. The smallest absolute Gasteiger partial charge is 0.328 e. The van der Waals surface area contributed by atoms with Gasteiger partial charge in [-0.1, -0.05) is 0 Å². The molecular formula is C14H16N2O4. The van der Waals surface area contributed by atoms with Crippen LogP contribution >= 0.6 is 0 Å². The van der Waals surface area contributed by atoms with E-state index < -0.39 is 11.9 Å². The lowest BCUT2D eigenvalue weighted by molar-refractivity contribution is -0.131. The minimum Gasteiger partial charge on any atom is -0.478 e. The van der Waals surface area contributed by atoms with E-state index in [2.05, 4.69) is 10.6 Å². The van der Waals surface area contributed by atoms with E-state index in [1.807, 2.05) is 6.92 Å². The topological polar surface area (TPSA) is 95.5 Å². The van der Waals surface area contributed by atoms with Gasteiger partial charge in [0.05, 0.1) is 0 Å². The van der Waals surface area contributed by atoms with Crippen LogP contribution in [0.5, 0.6) is 0 Å². The normalized spacial score (nSPS) is 10.3. The zero-order valence-corrected chi connectivity index (χ0v) is 11.3. The molecule has 0 aliphatic carbocycles. The molecule has 0 aromatic heterocycles. The number of aryl methyl sites for hydroxylation is 1. The van der Waals surface area contributed by atoms with Gasteiger partial charge in [0.1, 0.15) is 0 Å². The summed E-state index contributed by atoms with van der Waals surface area (Å²) in [6.45, 7) is 4.11. The fourth-order valence-electron chi connectivity index (χ4n) is 1.53. The number of carbonyl (C=O) groups excluding carboxylic acids is 2. The van der Waals surface area contributed by atoms with Crippen LogP contribution in [-0.4, -0.2) is 29.4 Å². The molecule has 20 heavy (non-hydrogen) atoms. The lowest BCUT2D eigenvalue weighted by Crippen LogP contribution is -2.22. The minimum atomic E-state index is -1.19. The van der Waals surface area contributed by atoms with Crippen LogP contribution in [-0.2, 0) is 9.59 Å². The molecule has 1 aromatic rings. The van der Waals surface area contributed by atoms with Gasteiger partial charge in [0.2, 0.25) is 5.91 Å². The van der Waals surface area contributed by atoms with Crippen molar-refractivity contribution in [3.63, 3.8) is 0 Å². The summed E-state index contributed by atoms with van der Waals surface area (Å²) < 4.78 is 0. The van der Waals surface area contributed by atoms with E-state index in [0.717, 1.165) is 12.2 Å². The number of carboxylic acid groups (broad SMARTS) is 1. The molecule has 0 unspecified atom stereocenters. The van der Waals surface area contributed by atoms with E-state index in [4.69, 9.17) is 5.11 Å². The maximum Gasteiger partial charge on any atom is 0.328 e. The molecular weight excluding hydrogens is 260 g/mol. The van der Waals surface area contributed by atoms with Crippen molar-refractivity contribution in [3.05, 3.63) is 41.5 Å². The van der Waals surface area contributed by atoms with E-state index in [1.54, 1.807) is 25.1 Å². The van der Waals surface area contributed by atoms with Gasteiger partial charge in [0, 0.05) is 29.9 Å². The number of rotatable bonds is 5. The molecule has 0 fully saturated rings. The number of carboxylic acids is 1. The van der Waals surface area contributed by atoms with E-state index in [1.165, 1.54) is 0 Å². The molecule has 1 rings (SSSR count). The van der Waals surface area contributed by atoms with Gasteiger partial charge in [-0.15, -0.1) is 0 Å². The minimum absolute atomic E-state index is 0.181. The van der Waals surface area contributed by atoms with Gasteiger partial charge in [0.15, 0.2) is 0 Å². The number of benzene rings is 1. The lowest BCUT2D eigenvalue weighted by atomic mass is 10.1. The van der Waals surface area contributed by atoms with Gasteiger partial charge >= 0.3 is 5.97 Å². The van der Waals surface area contributed by atoms with E-state index in [0.29, 0.717) is 23.4 Å². The van der Waals surface area contributed by atoms with Gasteiger partial charge in [-0.25, -0.2) is 4.79 Å². The summed E-state index contributed by atoms with van der Waals surface area (Å²) in [5.41, 5.74) is 1.74. The van der Waals surface area contributed by atoms with Crippen molar-refractivity contribution in [1.82, 2.24) is 5.32 Å². The third-order valence-electron chi connectivity index (χ3n) is 2.46. The van der Waals surface area contributed by atoms with Gasteiger partial charge in [-0.3, -0.25) is 9.59 Å². The van der Waals surface area contributed by atoms with E-state index in [-0.39, 0.29) is 5.91 Å². The Balaban J connectivity index is 2.81. The highest BCUT2D eigenvalue weighted by atomic mass is 16.4. The number of nitrogens with one attached hydrogen (secondary N) is 2. The summed E-state index contributed by atoms with van der Waals surface area (Å²) in [6.07, 6.45) is 1.69. The molecule has 3 N–H and O–H groups in total. The summed E-state index contributed by atoms with van der Waals surface area (Å²) in [6, 6.07) is 4.85. The van der Waals surface area contributed by atoms with Crippen molar-refractivity contribution in [1.29, 1.82) is 0 Å². The van der Waals surface area contributed by atoms with Crippen LogP contribution in [0.15, 0.2) is 30.4 Å². The monoisotopic (exact) mass is 276 g/mol. The summed E-state index contributed by atoms with van der Waals surface area (Å²) >= 11 is 0. The zero-order chi connectivity index (χ0) is 15.1. The second-order valence-electron chi connectivity index (χ2n) is 4.05. The molecule has 0 spiro atoms. The van der Waals surface area contributed by atoms with Crippen molar-refractivity contribution in [2.24, 2.45) is 0 Å². The average molecular weight is 276 g/mol. The molecule has 0 atom stereocenters. The number of hydrogen-bond donors (Lipinski definition) is 3. The molecule has 6 heteroatoms. The third-order valence-corrected chi connectivity index (χ3v) is 2.46. The highest BCUT2D eigenvalue weighted by Crippen LogP contribution is 2.16. The Kier molecular flexibility index (Phi) is 5.46. The fourth-order valence-corrected chi connectivity index (χ4v) is 1.53. The number of hydrogen-bond acceptors (Lipinski definition) is 3. The quantitative estimate of drug-likeness (QED) is 0.707. The largest absolute Gasteiger partial charge is 0.478 e. The summed E-state index contributed by atoms with van der Waals surface area (Å²) in [7, 11) is 0. The molecule has 0 saturated heterocycles. The highest BCUT2D eigenvalue weighted by molar-refractivity contribution is 6.03. The Labute approximate surface area is 116 Å². The molecule has 2 amide bonds. The summed E-state index contributed by atoms with van der Waals surface area (Å²) in [5, 5.41) is 13.6. The Morgan fingerprint density at radius 1 is 1.25 bits per heavy atom. The number of amides is 2. The molecule has 106 valence electrons. The Morgan fingerprint density at radius 2 is 1.95 bits per heavy atom. The maximum atomic E-state index is 11.6. The van der Waals surface area contributed by atoms with Gasteiger partial charge < -0.3 is 15.7 Å². The fraction of sp³-hybridized carbons (Fsp3) is 0.214. The highest BCUT2D eigenvalue weighted by Gasteiger charge is 2.08. The molecule has 0 saturated carbocycles. The van der Waals surface area contributed by atoms with Crippen LogP contribution in [0.1, 0.15) is 22.8 Å². The van der Waals surface area contributed by atoms with E-state index in [9.17, 15) is 14.4 Å².